The zero-order valence-corrected chi connectivity index (χ0v) is 21.0. The van der Waals surface area contributed by atoms with Crippen LogP contribution in [0.4, 0.5) is 0 Å². The van der Waals surface area contributed by atoms with Crippen molar-refractivity contribution in [3.8, 4) is 11.5 Å². The normalized spacial score (nSPS) is 15.1. The summed E-state index contributed by atoms with van der Waals surface area (Å²) in [6.07, 6.45) is 1.89. The summed E-state index contributed by atoms with van der Waals surface area (Å²) in [4.78, 5) is 2.50. The molecular weight excluding hydrogens is 476 g/mol. The molecule has 0 unspecified atom stereocenters. The van der Waals surface area contributed by atoms with Gasteiger partial charge in [0.1, 0.15) is 11.5 Å². The van der Waals surface area contributed by atoms with E-state index in [0.29, 0.717) is 12.5 Å². The van der Waals surface area contributed by atoms with Crippen molar-refractivity contribution in [1.29, 1.82) is 0 Å². The van der Waals surface area contributed by atoms with Gasteiger partial charge in [-0.05, 0) is 64.2 Å². The highest BCUT2D eigenvalue weighted by atomic mass is 79.9. The Hall–Kier alpha value is -1.27. The van der Waals surface area contributed by atoms with Crippen LogP contribution in [-0.4, -0.2) is 56.7 Å². The minimum absolute atomic E-state index is 0.127. The van der Waals surface area contributed by atoms with Crippen LogP contribution in [0.25, 0.3) is 0 Å². The van der Waals surface area contributed by atoms with Crippen LogP contribution in [0.3, 0.4) is 0 Å². The van der Waals surface area contributed by atoms with Crippen LogP contribution < -0.4 is 14.8 Å². The van der Waals surface area contributed by atoms with Crippen LogP contribution in [-0.2, 0) is 5.41 Å². The van der Waals surface area contributed by atoms with Gasteiger partial charge in [-0.1, -0.05) is 32.0 Å². The molecule has 2 aromatic carbocycles. The molecule has 1 N–H and O–H groups in total. The van der Waals surface area contributed by atoms with Gasteiger partial charge in [0.2, 0.25) is 0 Å². The Labute approximate surface area is 200 Å². The van der Waals surface area contributed by atoms with Gasteiger partial charge in [-0.2, -0.15) is 0 Å². The first kappa shape index (κ1) is 24.4. The Kier molecular flexibility index (Phi) is 9.51. The maximum atomic E-state index is 5.98. The quantitative estimate of drug-likeness (QED) is 0.322. The summed E-state index contributed by atoms with van der Waals surface area (Å²) >= 11 is 9.39. The lowest BCUT2D eigenvalue weighted by molar-refractivity contribution is 0.214. The third-order valence-corrected chi connectivity index (χ3v) is 6.75. The first-order chi connectivity index (χ1) is 15.0. The molecule has 1 fully saturated rings. The van der Waals surface area contributed by atoms with Gasteiger partial charge in [-0.25, -0.2) is 0 Å². The van der Waals surface area contributed by atoms with Gasteiger partial charge in [0.05, 0.1) is 17.7 Å². The largest absolute Gasteiger partial charge is 0.494 e. The fourth-order valence-electron chi connectivity index (χ4n) is 3.79. The van der Waals surface area contributed by atoms with Crippen molar-refractivity contribution in [2.75, 3.05) is 51.8 Å². The Morgan fingerprint density at radius 2 is 1.65 bits per heavy atom. The van der Waals surface area contributed by atoms with Gasteiger partial charge in [0.15, 0.2) is 0 Å². The van der Waals surface area contributed by atoms with E-state index >= 15 is 0 Å². The van der Waals surface area contributed by atoms with Crippen molar-refractivity contribution in [2.45, 2.75) is 32.1 Å². The number of hydrogen-bond donors (Lipinski definition) is 1. The highest BCUT2D eigenvalue weighted by Crippen LogP contribution is 2.36. The Bertz CT molecular complexity index is 808. The zero-order chi connectivity index (χ0) is 22.1. The average molecular weight is 510 g/mol. The van der Waals surface area contributed by atoms with Crippen molar-refractivity contribution >= 4 is 27.5 Å². The summed E-state index contributed by atoms with van der Waals surface area (Å²) in [5.74, 6) is 2.40. The molecule has 1 heterocycles. The molecule has 170 valence electrons. The minimum atomic E-state index is -0.127. The monoisotopic (exact) mass is 508 g/mol. The second-order valence-corrected chi connectivity index (χ2v) is 9.71. The number of hydrogen-bond acceptors (Lipinski definition) is 4. The fraction of sp³-hybridized carbons (Fsp3) is 0.520. The predicted molar refractivity (Wildman–Crippen MR) is 133 cm³/mol. The summed E-state index contributed by atoms with van der Waals surface area (Å²) in [5.41, 5.74) is 2.36. The number of ether oxygens (including phenoxy) is 2. The molecule has 1 aliphatic rings. The fourth-order valence-corrected chi connectivity index (χ4v) is 4.39. The van der Waals surface area contributed by atoms with Crippen LogP contribution >= 0.6 is 27.5 Å². The topological polar surface area (TPSA) is 33.7 Å². The van der Waals surface area contributed by atoms with E-state index in [0.717, 1.165) is 68.1 Å². The highest BCUT2D eigenvalue weighted by Gasteiger charge is 2.24. The van der Waals surface area contributed by atoms with E-state index < -0.39 is 0 Å². The van der Waals surface area contributed by atoms with Crippen LogP contribution in [0.15, 0.2) is 46.9 Å². The lowest BCUT2D eigenvalue weighted by Gasteiger charge is -2.27. The summed E-state index contributed by atoms with van der Waals surface area (Å²) in [6, 6.07) is 14.8. The van der Waals surface area contributed by atoms with Gasteiger partial charge in [0, 0.05) is 44.0 Å². The molecule has 4 nitrogen and oxygen atoms in total. The summed E-state index contributed by atoms with van der Waals surface area (Å²) in [5, 5.41) is 3.39. The van der Waals surface area contributed by atoms with E-state index in [2.05, 4.69) is 76.4 Å². The number of alkyl halides is 1. The molecule has 0 aromatic heterocycles. The molecule has 0 bridgehead atoms. The maximum absolute atomic E-state index is 5.98. The standard InChI is InChI=1S/C25H34BrClN2O2/c1-25(2,21-7-10-24(23(26)19-21)31-17-3-11-27)20-5-8-22(9-6-20)30-18-4-14-29-15-12-28-13-16-29/h5-10,19,28H,3-4,11-18H2,1-2H3. The molecular formula is C25H34BrClN2O2. The number of halogens is 2. The summed E-state index contributed by atoms with van der Waals surface area (Å²) in [6.45, 7) is 11.4. The number of piperazine rings is 1. The molecule has 6 heteroatoms. The second kappa shape index (κ2) is 12.1. The second-order valence-electron chi connectivity index (χ2n) is 8.48. The molecule has 0 amide bonds. The van der Waals surface area contributed by atoms with E-state index in [4.69, 9.17) is 21.1 Å². The van der Waals surface area contributed by atoms with E-state index in [-0.39, 0.29) is 5.41 Å². The first-order valence-corrected chi connectivity index (χ1v) is 12.5. The van der Waals surface area contributed by atoms with Crippen molar-refractivity contribution in [3.63, 3.8) is 0 Å². The lowest BCUT2D eigenvalue weighted by atomic mass is 9.78. The van der Waals surface area contributed by atoms with Crippen molar-refractivity contribution in [3.05, 3.63) is 58.1 Å². The molecule has 0 saturated carbocycles. The molecule has 0 atom stereocenters. The third kappa shape index (κ3) is 7.11. The van der Waals surface area contributed by atoms with E-state index in [1.54, 1.807) is 0 Å². The molecule has 0 spiro atoms. The SMILES string of the molecule is CC(C)(c1ccc(OCCCN2CCNCC2)cc1)c1ccc(OCCCCl)c(Br)c1. The van der Waals surface area contributed by atoms with E-state index in [1.807, 2.05) is 6.07 Å². The van der Waals surface area contributed by atoms with Crippen LogP contribution in [0.2, 0.25) is 0 Å². The molecule has 31 heavy (non-hydrogen) atoms. The highest BCUT2D eigenvalue weighted by molar-refractivity contribution is 9.10. The number of benzene rings is 2. The minimum Gasteiger partial charge on any atom is -0.494 e. The van der Waals surface area contributed by atoms with Crippen molar-refractivity contribution in [2.24, 2.45) is 0 Å². The Balaban J connectivity index is 1.54. The van der Waals surface area contributed by atoms with Gasteiger partial charge in [0.25, 0.3) is 0 Å². The maximum Gasteiger partial charge on any atom is 0.133 e. The van der Waals surface area contributed by atoms with Gasteiger partial charge in [-0.15, -0.1) is 11.6 Å². The van der Waals surface area contributed by atoms with Crippen LogP contribution in [0, 0.1) is 0 Å². The van der Waals surface area contributed by atoms with Gasteiger partial charge < -0.3 is 19.7 Å². The first-order valence-electron chi connectivity index (χ1n) is 11.2. The molecule has 0 radical (unpaired) electrons. The Morgan fingerprint density at radius 3 is 2.32 bits per heavy atom. The zero-order valence-electron chi connectivity index (χ0n) is 18.6. The predicted octanol–water partition coefficient (Wildman–Crippen LogP) is 5.46. The van der Waals surface area contributed by atoms with E-state index in [9.17, 15) is 0 Å². The average Bonchev–Trinajstić information content (AvgIpc) is 2.79. The lowest BCUT2D eigenvalue weighted by Crippen LogP contribution is -2.43. The van der Waals surface area contributed by atoms with E-state index in [1.165, 1.54) is 11.1 Å². The Morgan fingerprint density at radius 1 is 0.968 bits per heavy atom. The number of rotatable bonds is 11. The summed E-state index contributed by atoms with van der Waals surface area (Å²) < 4.78 is 12.7. The van der Waals surface area contributed by atoms with Crippen molar-refractivity contribution < 1.29 is 9.47 Å². The number of nitrogens with zero attached hydrogens (tertiary/aromatic N) is 1. The van der Waals surface area contributed by atoms with Gasteiger partial charge in [-0.3, -0.25) is 0 Å². The molecule has 0 aliphatic carbocycles. The molecule has 3 rings (SSSR count). The smallest absolute Gasteiger partial charge is 0.133 e. The van der Waals surface area contributed by atoms with Crippen LogP contribution in [0.5, 0.6) is 11.5 Å². The number of nitrogens with one attached hydrogen (secondary N) is 1. The summed E-state index contributed by atoms with van der Waals surface area (Å²) in [7, 11) is 0. The molecule has 2 aromatic rings. The third-order valence-electron chi connectivity index (χ3n) is 5.86. The molecule has 1 aliphatic heterocycles. The van der Waals surface area contributed by atoms with Crippen LogP contribution in [0.1, 0.15) is 37.8 Å². The van der Waals surface area contributed by atoms with Gasteiger partial charge >= 0.3 is 0 Å². The van der Waals surface area contributed by atoms with Crippen molar-refractivity contribution in [1.82, 2.24) is 10.2 Å². The molecule has 1 saturated heterocycles.